The second kappa shape index (κ2) is 11.3. The molecule has 2 aromatic heterocycles. The van der Waals surface area contributed by atoms with Crippen LogP contribution in [0.15, 0.2) is 61.1 Å². The van der Waals surface area contributed by atoms with Gasteiger partial charge in [0.15, 0.2) is 18.1 Å². The van der Waals surface area contributed by atoms with Gasteiger partial charge in [0, 0.05) is 18.9 Å². The van der Waals surface area contributed by atoms with Crippen LogP contribution in [0.25, 0.3) is 0 Å². The first kappa shape index (κ1) is 22.5. The molecular weight excluding hydrogens is 414 g/mol. The summed E-state index contributed by atoms with van der Waals surface area (Å²) in [7, 11) is 3.13. The number of carbonyl (C=O) groups is 2. The highest BCUT2D eigenvalue weighted by atomic mass is 16.5. The van der Waals surface area contributed by atoms with E-state index in [1.165, 1.54) is 18.5 Å². The minimum absolute atomic E-state index is 0.0689. The molecule has 0 bridgehead atoms. The molecule has 9 heteroatoms. The number of nitrogens with zero attached hydrogens (tertiary/aromatic N) is 2. The number of nitrogens with one attached hydrogen (secondary N) is 1. The van der Waals surface area contributed by atoms with Gasteiger partial charge in [0.25, 0.3) is 5.91 Å². The number of hydrogen-bond donors (Lipinski definition) is 1. The summed E-state index contributed by atoms with van der Waals surface area (Å²) in [6, 6.07) is 12.0. The number of pyridine rings is 2. The van der Waals surface area contributed by atoms with Gasteiger partial charge in [-0.3, -0.25) is 9.78 Å². The summed E-state index contributed by atoms with van der Waals surface area (Å²) < 4.78 is 21.2. The van der Waals surface area contributed by atoms with Crippen molar-refractivity contribution < 1.29 is 28.5 Å². The lowest BCUT2D eigenvalue weighted by molar-refractivity contribution is -0.124. The molecule has 1 amide bonds. The van der Waals surface area contributed by atoms with Crippen molar-refractivity contribution in [2.45, 2.75) is 6.42 Å². The lowest BCUT2D eigenvalue weighted by Crippen LogP contribution is -2.30. The Morgan fingerprint density at radius 1 is 1.00 bits per heavy atom. The highest BCUT2D eigenvalue weighted by Gasteiger charge is 2.17. The third kappa shape index (κ3) is 6.18. The smallest absolute Gasteiger partial charge is 0.344 e. The van der Waals surface area contributed by atoms with Crippen LogP contribution in [0.3, 0.4) is 0 Å². The summed E-state index contributed by atoms with van der Waals surface area (Å²) in [5, 5.41) is 2.72. The second-order valence-electron chi connectivity index (χ2n) is 6.51. The molecule has 3 rings (SSSR count). The average molecular weight is 437 g/mol. The molecular formula is C23H23N3O6. The van der Waals surface area contributed by atoms with Crippen LogP contribution in [-0.4, -0.2) is 49.2 Å². The van der Waals surface area contributed by atoms with E-state index < -0.39 is 18.5 Å². The number of rotatable bonds is 10. The van der Waals surface area contributed by atoms with Gasteiger partial charge in [-0.25, -0.2) is 9.78 Å². The van der Waals surface area contributed by atoms with Gasteiger partial charge in [0.05, 0.1) is 20.4 Å². The van der Waals surface area contributed by atoms with E-state index in [1.807, 2.05) is 12.1 Å². The van der Waals surface area contributed by atoms with Gasteiger partial charge >= 0.3 is 5.97 Å². The van der Waals surface area contributed by atoms with Crippen LogP contribution in [0.5, 0.6) is 23.1 Å². The van der Waals surface area contributed by atoms with E-state index in [2.05, 4.69) is 15.3 Å². The quantitative estimate of drug-likeness (QED) is 0.482. The van der Waals surface area contributed by atoms with Crippen LogP contribution in [0, 0.1) is 0 Å². The van der Waals surface area contributed by atoms with Gasteiger partial charge in [-0.1, -0.05) is 6.07 Å². The van der Waals surface area contributed by atoms with Crippen molar-refractivity contribution in [2.24, 2.45) is 0 Å². The highest BCUT2D eigenvalue weighted by molar-refractivity contribution is 5.93. The van der Waals surface area contributed by atoms with Crippen molar-refractivity contribution in [3.63, 3.8) is 0 Å². The molecule has 0 aliphatic heterocycles. The topological polar surface area (TPSA) is 109 Å². The molecule has 166 valence electrons. The standard InChI is InChI=1S/C23H23N3O6/c1-29-19-8-7-16(13-20(19)30-2)9-12-25-21(27)15-31-23(28)18-6-4-11-26-22(18)32-17-5-3-10-24-14-17/h3-8,10-11,13-14H,9,12,15H2,1-2H3,(H,25,27). The Morgan fingerprint density at radius 2 is 1.81 bits per heavy atom. The molecule has 0 saturated carbocycles. The van der Waals surface area contributed by atoms with Crippen molar-refractivity contribution >= 4 is 11.9 Å². The summed E-state index contributed by atoms with van der Waals surface area (Å²) >= 11 is 0. The number of aromatic nitrogens is 2. The van der Waals surface area contributed by atoms with E-state index in [4.69, 9.17) is 18.9 Å². The molecule has 1 aromatic carbocycles. The summed E-state index contributed by atoms with van der Waals surface area (Å²) in [6.45, 7) is -0.0554. The van der Waals surface area contributed by atoms with Crippen molar-refractivity contribution in [3.05, 3.63) is 72.2 Å². The maximum Gasteiger partial charge on any atom is 0.344 e. The molecule has 3 aromatic rings. The zero-order valence-electron chi connectivity index (χ0n) is 17.7. The average Bonchev–Trinajstić information content (AvgIpc) is 2.83. The summed E-state index contributed by atoms with van der Waals surface area (Å²) in [5.41, 5.74) is 1.07. The molecule has 0 fully saturated rings. The fourth-order valence-corrected chi connectivity index (χ4v) is 2.79. The van der Waals surface area contributed by atoms with Crippen LogP contribution in [0.4, 0.5) is 0 Å². The fourth-order valence-electron chi connectivity index (χ4n) is 2.79. The Morgan fingerprint density at radius 3 is 2.56 bits per heavy atom. The van der Waals surface area contributed by atoms with Crippen molar-refractivity contribution in [1.29, 1.82) is 0 Å². The number of esters is 1. The Bertz CT molecular complexity index is 1060. The molecule has 0 spiro atoms. The van der Waals surface area contributed by atoms with Crippen molar-refractivity contribution in [3.8, 4) is 23.1 Å². The van der Waals surface area contributed by atoms with E-state index in [0.29, 0.717) is 30.2 Å². The Labute approximate surface area is 185 Å². The van der Waals surface area contributed by atoms with Crippen LogP contribution >= 0.6 is 0 Å². The van der Waals surface area contributed by atoms with E-state index >= 15 is 0 Å². The molecule has 0 atom stereocenters. The largest absolute Gasteiger partial charge is 0.493 e. The molecule has 9 nitrogen and oxygen atoms in total. The first-order valence-corrected chi connectivity index (χ1v) is 9.78. The Kier molecular flexibility index (Phi) is 7.96. The van der Waals surface area contributed by atoms with E-state index in [9.17, 15) is 9.59 Å². The van der Waals surface area contributed by atoms with Gasteiger partial charge in [-0.05, 0) is 48.4 Å². The van der Waals surface area contributed by atoms with E-state index in [1.54, 1.807) is 44.7 Å². The predicted molar refractivity (Wildman–Crippen MR) is 115 cm³/mol. The molecule has 32 heavy (non-hydrogen) atoms. The minimum Gasteiger partial charge on any atom is -0.493 e. The van der Waals surface area contributed by atoms with Gasteiger partial charge in [0.1, 0.15) is 11.3 Å². The lowest BCUT2D eigenvalue weighted by Gasteiger charge is -2.11. The van der Waals surface area contributed by atoms with Crippen LogP contribution in [0.2, 0.25) is 0 Å². The molecule has 0 aliphatic rings. The third-order valence-corrected chi connectivity index (χ3v) is 4.36. The molecule has 0 radical (unpaired) electrons. The Balaban J connectivity index is 1.49. The fraction of sp³-hybridized carbons (Fsp3) is 0.217. The summed E-state index contributed by atoms with van der Waals surface area (Å²) in [6.07, 6.45) is 5.16. The zero-order chi connectivity index (χ0) is 22.8. The SMILES string of the molecule is COc1ccc(CCNC(=O)COC(=O)c2cccnc2Oc2cccnc2)cc1OC. The van der Waals surface area contributed by atoms with Gasteiger partial charge < -0.3 is 24.3 Å². The lowest BCUT2D eigenvalue weighted by atomic mass is 10.1. The normalized spacial score (nSPS) is 10.2. The number of amides is 1. The monoisotopic (exact) mass is 437 g/mol. The van der Waals surface area contributed by atoms with Crippen LogP contribution < -0.4 is 19.5 Å². The molecule has 0 aliphatic carbocycles. The maximum absolute atomic E-state index is 12.4. The Hall–Kier alpha value is -4.14. The zero-order valence-corrected chi connectivity index (χ0v) is 17.7. The first-order chi connectivity index (χ1) is 15.6. The number of carbonyl (C=O) groups excluding carboxylic acids is 2. The predicted octanol–water partition coefficient (Wildman–Crippen LogP) is 2.80. The molecule has 1 N–H and O–H groups in total. The number of ether oxygens (including phenoxy) is 4. The van der Waals surface area contributed by atoms with E-state index in [0.717, 1.165) is 5.56 Å². The van der Waals surface area contributed by atoms with Crippen LogP contribution in [0.1, 0.15) is 15.9 Å². The third-order valence-electron chi connectivity index (χ3n) is 4.36. The number of hydrogen-bond acceptors (Lipinski definition) is 8. The van der Waals surface area contributed by atoms with Crippen LogP contribution in [-0.2, 0) is 16.0 Å². The van der Waals surface area contributed by atoms with Gasteiger partial charge in [0.2, 0.25) is 5.88 Å². The molecule has 0 unspecified atom stereocenters. The molecule has 2 heterocycles. The van der Waals surface area contributed by atoms with E-state index in [-0.39, 0.29) is 11.4 Å². The van der Waals surface area contributed by atoms with Crippen molar-refractivity contribution in [1.82, 2.24) is 15.3 Å². The van der Waals surface area contributed by atoms with Gasteiger partial charge in [-0.2, -0.15) is 0 Å². The first-order valence-electron chi connectivity index (χ1n) is 9.78. The highest BCUT2D eigenvalue weighted by Crippen LogP contribution is 2.27. The maximum atomic E-state index is 12.4. The van der Waals surface area contributed by atoms with Gasteiger partial charge in [-0.15, -0.1) is 0 Å². The summed E-state index contributed by atoms with van der Waals surface area (Å²) in [5.74, 6) is 0.609. The summed E-state index contributed by atoms with van der Waals surface area (Å²) in [4.78, 5) is 32.5. The number of benzene rings is 1. The minimum atomic E-state index is -0.716. The van der Waals surface area contributed by atoms with Crippen molar-refractivity contribution in [2.75, 3.05) is 27.4 Å². The molecule has 0 saturated heterocycles. The second-order valence-corrected chi connectivity index (χ2v) is 6.51. The number of methoxy groups -OCH3 is 2.